The van der Waals surface area contributed by atoms with Gasteiger partial charge in [-0.25, -0.2) is 5.48 Å². The minimum Gasteiger partial charge on any atom is -0.288 e. The number of thiophene rings is 1. The van der Waals surface area contributed by atoms with Gasteiger partial charge in [-0.3, -0.25) is 10.0 Å². The van der Waals surface area contributed by atoms with Gasteiger partial charge in [0.05, 0.1) is 4.88 Å². The lowest BCUT2D eigenvalue weighted by atomic mass is 9.96. The molecule has 1 aliphatic rings. The predicted molar refractivity (Wildman–Crippen MR) is 63.8 cm³/mol. The zero-order valence-corrected chi connectivity index (χ0v) is 9.75. The molecule has 0 saturated carbocycles. The van der Waals surface area contributed by atoms with Gasteiger partial charge >= 0.3 is 0 Å². The first-order chi connectivity index (χ1) is 7.70. The van der Waals surface area contributed by atoms with Gasteiger partial charge in [-0.1, -0.05) is 23.8 Å². The van der Waals surface area contributed by atoms with Crippen molar-refractivity contribution in [3.8, 4) is 0 Å². The third kappa shape index (κ3) is 2.23. The Bertz CT molecular complexity index is 459. The van der Waals surface area contributed by atoms with E-state index in [9.17, 15) is 4.79 Å². The van der Waals surface area contributed by atoms with Crippen molar-refractivity contribution in [2.24, 2.45) is 0 Å². The van der Waals surface area contributed by atoms with Gasteiger partial charge in [-0.15, -0.1) is 11.3 Å². The van der Waals surface area contributed by atoms with E-state index < -0.39 is 5.91 Å². The first-order valence-corrected chi connectivity index (χ1v) is 5.91. The summed E-state index contributed by atoms with van der Waals surface area (Å²) in [5.74, 6) is -0.0864. The third-order valence-electron chi connectivity index (χ3n) is 2.60. The van der Waals surface area contributed by atoms with Crippen molar-refractivity contribution < 1.29 is 10.0 Å². The van der Waals surface area contributed by atoms with Crippen LogP contribution in [0.4, 0.5) is 0 Å². The average molecular weight is 235 g/mol. The largest absolute Gasteiger partial charge is 0.288 e. The summed E-state index contributed by atoms with van der Waals surface area (Å²) in [6.07, 6.45) is 7.42. The molecule has 0 spiro atoms. The summed E-state index contributed by atoms with van der Waals surface area (Å²) in [5.41, 5.74) is 2.92. The van der Waals surface area contributed by atoms with Crippen LogP contribution in [0.2, 0.25) is 0 Å². The second kappa shape index (κ2) is 4.63. The molecule has 1 atom stereocenters. The Morgan fingerprint density at radius 3 is 3.00 bits per heavy atom. The van der Waals surface area contributed by atoms with E-state index in [-0.39, 0.29) is 0 Å². The van der Waals surface area contributed by atoms with Crippen LogP contribution in [0.15, 0.2) is 35.9 Å². The highest BCUT2D eigenvalue weighted by molar-refractivity contribution is 7.14. The Morgan fingerprint density at radius 1 is 1.56 bits per heavy atom. The predicted octanol–water partition coefficient (Wildman–Crippen LogP) is 2.86. The lowest BCUT2D eigenvalue weighted by Crippen LogP contribution is -2.16. The van der Waals surface area contributed by atoms with Gasteiger partial charge in [-0.05, 0) is 25.5 Å². The van der Waals surface area contributed by atoms with Crippen molar-refractivity contribution in [1.82, 2.24) is 5.48 Å². The summed E-state index contributed by atoms with van der Waals surface area (Å²) in [4.78, 5) is 12.9. The van der Waals surface area contributed by atoms with Crippen molar-refractivity contribution in [1.29, 1.82) is 0 Å². The number of allylic oxidation sites excluding steroid dienone is 4. The first-order valence-electron chi connectivity index (χ1n) is 5.10. The summed E-state index contributed by atoms with van der Waals surface area (Å²) < 4.78 is 0. The fourth-order valence-corrected chi connectivity index (χ4v) is 2.66. The molecule has 2 rings (SSSR count). The standard InChI is InChI=1S/C12H13NO2S/c1-8-2-4-9(5-3-8)10-6-7-11(16-10)12(14)13-15/h2-4,6-7,9,15H,5H2,1H3,(H,13,14). The molecule has 0 radical (unpaired) electrons. The highest BCUT2D eigenvalue weighted by Gasteiger charge is 2.14. The monoisotopic (exact) mass is 235 g/mol. The third-order valence-corrected chi connectivity index (χ3v) is 3.82. The van der Waals surface area contributed by atoms with Crippen molar-refractivity contribution in [3.05, 3.63) is 45.7 Å². The van der Waals surface area contributed by atoms with Crippen LogP contribution < -0.4 is 5.48 Å². The number of hydrogen-bond donors (Lipinski definition) is 2. The zero-order chi connectivity index (χ0) is 11.5. The number of amides is 1. The lowest BCUT2D eigenvalue weighted by Gasteiger charge is -2.12. The molecule has 4 heteroatoms. The minimum absolute atomic E-state index is 0.356. The highest BCUT2D eigenvalue weighted by atomic mass is 32.1. The molecule has 0 aliphatic heterocycles. The molecule has 0 saturated heterocycles. The van der Waals surface area contributed by atoms with Gasteiger partial charge < -0.3 is 0 Å². The molecule has 0 bridgehead atoms. The van der Waals surface area contributed by atoms with Crippen LogP contribution in [0, 0.1) is 0 Å². The summed E-state index contributed by atoms with van der Waals surface area (Å²) in [6, 6.07) is 3.68. The number of hydroxylamine groups is 1. The maximum atomic E-state index is 11.2. The van der Waals surface area contributed by atoms with Crippen molar-refractivity contribution >= 4 is 17.2 Å². The molecule has 1 aromatic rings. The topological polar surface area (TPSA) is 49.3 Å². The minimum atomic E-state index is -0.442. The molecule has 1 amide bonds. The van der Waals surface area contributed by atoms with E-state index >= 15 is 0 Å². The quantitative estimate of drug-likeness (QED) is 0.611. The molecular formula is C12H13NO2S. The molecular weight excluding hydrogens is 222 g/mol. The van der Waals surface area contributed by atoms with Crippen LogP contribution in [0.5, 0.6) is 0 Å². The highest BCUT2D eigenvalue weighted by Crippen LogP contribution is 2.31. The van der Waals surface area contributed by atoms with E-state index in [2.05, 4.69) is 25.2 Å². The Morgan fingerprint density at radius 2 is 2.38 bits per heavy atom. The van der Waals surface area contributed by atoms with Gasteiger partial charge in [0.1, 0.15) is 0 Å². The molecule has 84 valence electrons. The van der Waals surface area contributed by atoms with Crippen LogP contribution in [0.25, 0.3) is 0 Å². The van der Waals surface area contributed by atoms with E-state index in [0.717, 1.165) is 11.3 Å². The zero-order valence-electron chi connectivity index (χ0n) is 8.93. The van der Waals surface area contributed by atoms with Gasteiger partial charge in [0.25, 0.3) is 5.91 Å². The average Bonchev–Trinajstić information content (AvgIpc) is 2.78. The van der Waals surface area contributed by atoms with Gasteiger partial charge in [-0.2, -0.15) is 0 Å². The summed E-state index contributed by atoms with van der Waals surface area (Å²) in [7, 11) is 0. The number of rotatable bonds is 2. The number of nitrogens with one attached hydrogen (secondary N) is 1. The maximum absolute atomic E-state index is 11.2. The van der Waals surface area contributed by atoms with Gasteiger partial charge in [0.15, 0.2) is 0 Å². The molecule has 0 fully saturated rings. The van der Waals surface area contributed by atoms with Crippen LogP contribution in [-0.4, -0.2) is 11.1 Å². The van der Waals surface area contributed by atoms with Crippen LogP contribution in [0.1, 0.15) is 33.8 Å². The molecule has 1 aliphatic carbocycles. The number of hydrogen-bond acceptors (Lipinski definition) is 3. The Labute approximate surface area is 98.1 Å². The molecule has 2 N–H and O–H groups in total. The first kappa shape index (κ1) is 11.1. The fraction of sp³-hybridized carbons (Fsp3) is 0.250. The SMILES string of the molecule is CC1=CCC(c2ccc(C(=O)NO)s2)C=C1. The molecule has 16 heavy (non-hydrogen) atoms. The number of carbonyl (C=O) groups is 1. The van der Waals surface area contributed by atoms with Gasteiger partial charge in [0.2, 0.25) is 0 Å². The fourth-order valence-electron chi connectivity index (χ4n) is 1.67. The maximum Gasteiger partial charge on any atom is 0.284 e. The van der Waals surface area contributed by atoms with E-state index in [1.807, 2.05) is 6.07 Å². The van der Waals surface area contributed by atoms with Crippen molar-refractivity contribution in [2.45, 2.75) is 19.3 Å². The Kier molecular flexibility index (Phi) is 3.22. The smallest absolute Gasteiger partial charge is 0.284 e. The second-order valence-corrected chi connectivity index (χ2v) is 4.91. The molecule has 1 heterocycles. The normalized spacial score (nSPS) is 19.4. The molecule has 1 aromatic heterocycles. The summed E-state index contributed by atoms with van der Waals surface area (Å²) in [6.45, 7) is 2.08. The summed E-state index contributed by atoms with van der Waals surface area (Å²) in [5, 5.41) is 8.53. The van der Waals surface area contributed by atoms with E-state index in [1.165, 1.54) is 16.9 Å². The van der Waals surface area contributed by atoms with E-state index in [1.54, 1.807) is 11.5 Å². The van der Waals surface area contributed by atoms with E-state index in [0.29, 0.717) is 10.8 Å². The lowest BCUT2D eigenvalue weighted by molar-refractivity contribution is 0.0711. The molecule has 1 unspecified atom stereocenters. The molecule has 0 aromatic carbocycles. The van der Waals surface area contributed by atoms with Crippen molar-refractivity contribution in [3.63, 3.8) is 0 Å². The summed E-state index contributed by atoms with van der Waals surface area (Å²) >= 11 is 1.42. The van der Waals surface area contributed by atoms with Gasteiger partial charge in [0, 0.05) is 10.8 Å². The second-order valence-electron chi connectivity index (χ2n) is 3.79. The van der Waals surface area contributed by atoms with Crippen LogP contribution >= 0.6 is 11.3 Å². The Hall–Kier alpha value is -1.39. The number of carbonyl (C=O) groups excluding carboxylic acids is 1. The van der Waals surface area contributed by atoms with E-state index in [4.69, 9.17) is 5.21 Å². The Balaban J connectivity index is 2.14. The van der Waals surface area contributed by atoms with Crippen LogP contribution in [-0.2, 0) is 0 Å². The molecule has 3 nitrogen and oxygen atoms in total. The van der Waals surface area contributed by atoms with Crippen molar-refractivity contribution in [2.75, 3.05) is 0 Å². The van der Waals surface area contributed by atoms with Crippen LogP contribution in [0.3, 0.4) is 0 Å².